The summed E-state index contributed by atoms with van der Waals surface area (Å²) >= 11 is 1.24. The summed E-state index contributed by atoms with van der Waals surface area (Å²) in [5.41, 5.74) is 1.53. The van der Waals surface area contributed by atoms with E-state index in [4.69, 9.17) is 4.74 Å². The third-order valence-corrected chi connectivity index (χ3v) is 5.31. The highest BCUT2D eigenvalue weighted by molar-refractivity contribution is 7.17. The highest BCUT2D eigenvalue weighted by atomic mass is 32.1. The van der Waals surface area contributed by atoms with Crippen LogP contribution in [0.2, 0.25) is 0 Å². The van der Waals surface area contributed by atoms with Crippen molar-refractivity contribution in [2.45, 2.75) is 13.8 Å². The minimum Gasteiger partial charge on any atom is -0.505 e. The number of ether oxygens (including phenoxy) is 2. The van der Waals surface area contributed by atoms with E-state index in [0.717, 1.165) is 11.3 Å². The molecule has 3 aromatic rings. The first-order valence-corrected chi connectivity index (χ1v) is 9.68. The molecule has 0 radical (unpaired) electrons. The van der Waals surface area contributed by atoms with Gasteiger partial charge in [-0.2, -0.15) is 0 Å². The van der Waals surface area contributed by atoms with Crippen LogP contribution in [0.1, 0.15) is 32.6 Å². The number of amides is 1. The number of hydrogen-bond acceptors (Lipinski definition) is 7. The summed E-state index contributed by atoms with van der Waals surface area (Å²) in [5, 5.41) is 13.6. The second-order valence-corrected chi connectivity index (χ2v) is 7.04. The second-order valence-electron chi connectivity index (χ2n) is 6.04. The molecule has 0 spiro atoms. The van der Waals surface area contributed by atoms with Gasteiger partial charge in [0.2, 0.25) is 0 Å². The number of anilines is 1. The van der Waals surface area contributed by atoms with E-state index >= 15 is 0 Å². The van der Waals surface area contributed by atoms with Gasteiger partial charge in [-0.15, -0.1) is 11.3 Å². The largest absolute Gasteiger partial charge is 0.505 e. The van der Waals surface area contributed by atoms with E-state index in [1.807, 2.05) is 31.2 Å². The van der Waals surface area contributed by atoms with Crippen molar-refractivity contribution in [3.05, 3.63) is 58.6 Å². The van der Waals surface area contributed by atoms with Gasteiger partial charge in [-0.3, -0.25) is 4.79 Å². The fourth-order valence-corrected chi connectivity index (χ4v) is 3.66. The Bertz CT molecular complexity index is 1040. The van der Waals surface area contributed by atoms with Gasteiger partial charge in [-0.05, 0) is 50.2 Å². The van der Waals surface area contributed by atoms with Gasteiger partial charge < -0.3 is 19.9 Å². The van der Waals surface area contributed by atoms with Gasteiger partial charge in [0.05, 0.1) is 25.1 Å². The number of aromatic nitrogens is 1. The molecule has 7 nitrogen and oxygen atoms in total. The van der Waals surface area contributed by atoms with Crippen LogP contribution in [0.4, 0.5) is 5.69 Å². The number of carbonyl (C=O) groups is 2. The molecule has 0 saturated carbocycles. The summed E-state index contributed by atoms with van der Waals surface area (Å²) < 4.78 is 10.1. The van der Waals surface area contributed by atoms with Crippen molar-refractivity contribution in [3.8, 4) is 22.1 Å². The fourth-order valence-electron chi connectivity index (χ4n) is 2.69. The number of para-hydroxylation sites is 1. The molecule has 0 aliphatic rings. The number of nitrogens with zero attached hydrogens (tertiary/aromatic N) is 1. The Morgan fingerprint density at radius 2 is 1.90 bits per heavy atom. The number of carbonyl (C=O) groups excluding carboxylic acids is 2. The Labute approximate surface area is 171 Å². The molecule has 0 bridgehead atoms. The molecule has 2 N–H and O–H groups in total. The lowest BCUT2D eigenvalue weighted by atomic mass is 10.1. The molecule has 1 heterocycles. The third-order valence-electron chi connectivity index (χ3n) is 4.10. The molecule has 8 heteroatoms. The van der Waals surface area contributed by atoms with Gasteiger partial charge in [0.25, 0.3) is 5.91 Å². The predicted octanol–water partition coefficient (Wildman–Crippen LogP) is 4.26. The zero-order chi connectivity index (χ0) is 21.0. The molecule has 0 unspecified atom stereocenters. The van der Waals surface area contributed by atoms with Crippen LogP contribution < -0.4 is 10.1 Å². The van der Waals surface area contributed by atoms with E-state index in [-0.39, 0.29) is 17.0 Å². The topological polar surface area (TPSA) is 97.8 Å². The number of nitrogens with one attached hydrogen (secondary N) is 1. The summed E-state index contributed by atoms with van der Waals surface area (Å²) in [4.78, 5) is 29.3. The summed E-state index contributed by atoms with van der Waals surface area (Å²) in [5.74, 6) is -0.690. The van der Waals surface area contributed by atoms with Crippen molar-refractivity contribution < 1.29 is 24.2 Å². The van der Waals surface area contributed by atoms with Crippen LogP contribution in [0.15, 0.2) is 42.5 Å². The van der Waals surface area contributed by atoms with E-state index in [1.165, 1.54) is 30.6 Å². The minimum atomic E-state index is -0.689. The normalized spacial score (nSPS) is 10.4. The van der Waals surface area contributed by atoms with Gasteiger partial charge in [-0.1, -0.05) is 6.07 Å². The number of hydrogen-bond donors (Lipinski definition) is 2. The summed E-state index contributed by atoms with van der Waals surface area (Å²) in [7, 11) is 1.22. The molecule has 0 aliphatic heterocycles. The first kappa shape index (κ1) is 20.3. The smallest absolute Gasteiger partial charge is 0.341 e. The molecule has 0 fully saturated rings. The molecular formula is C21H20N2O5S. The van der Waals surface area contributed by atoms with Crippen LogP contribution in [-0.2, 0) is 4.74 Å². The number of rotatable bonds is 6. The average molecular weight is 412 g/mol. The van der Waals surface area contributed by atoms with Crippen LogP contribution >= 0.6 is 11.3 Å². The SMILES string of the molecule is CCOc1ccc(-c2nc(C)c(C(=O)Nc3cccc(C(=O)OC)c3O)s2)cc1. The number of aromatic hydroxyl groups is 1. The third kappa shape index (κ3) is 4.38. The number of thiazole rings is 1. The number of methoxy groups -OCH3 is 1. The van der Waals surface area contributed by atoms with Gasteiger partial charge in [0.15, 0.2) is 5.75 Å². The Kier molecular flexibility index (Phi) is 6.13. The van der Waals surface area contributed by atoms with Crippen molar-refractivity contribution in [2.75, 3.05) is 19.0 Å². The van der Waals surface area contributed by atoms with Crippen LogP contribution in [0, 0.1) is 6.92 Å². The average Bonchev–Trinajstić information content (AvgIpc) is 3.11. The Morgan fingerprint density at radius 1 is 1.17 bits per heavy atom. The number of phenols is 1. The number of esters is 1. The zero-order valence-corrected chi connectivity index (χ0v) is 17.0. The molecule has 2 aromatic carbocycles. The molecule has 29 heavy (non-hydrogen) atoms. The molecule has 3 rings (SSSR count). The highest BCUT2D eigenvalue weighted by Gasteiger charge is 2.20. The number of benzene rings is 2. The van der Waals surface area contributed by atoms with Crippen LogP contribution in [0.3, 0.4) is 0 Å². The van der Waals surface area contributed by atoms with Crippen molar-refractivity contribution in [2.24, 2.45) is 0 Å². The van der Waals surface area contributed by atoms with E-state index in [9.17, 15) is 14.7 Å². The molecule has 1 aromatic heterocycles. The zero-order valence-electron chi connectivity index (χ0n) is 16.2. The van der Waals surface area contributed by atoms with Crippen molar-refractivity contribution in [3.63, 3.8) is 0 Å². The maximum absolute atomic E-state index is 12.7. The van der Waals surface area contributed by atoms with Gasteiger partial charge in [0, 0.05) is 5.56 Å². The minimum absolute atomic E-state index is 0.0265. The van der Waals surface area contributed by atoms with Gasteiger partial charge >= 0.3 is 5.97 Å². The van der Waals surface area contributed by atoms with Crippen LogP contribution in [-0.4, -0.2) is 35.7 Å². The number of phenolic OH excluding ortho intramolecular Hbond substituents is 1. The van der Waals surface area contributed by atoms with Crippen LogP contribution in [0.5, 0.6) is 11.5 Å². The Balaban J connectivity index is 1.83. The summed E-state index contributed by atoms with van der Waals surface area (Å²) in [6, 6.07) is 11.9. The quantitative estimate of drug-likeness (QED) is 0.464. The Morgan fingerprint density at radius 3 is 2.55 bits per heavy atom. The first-order chi connectivity index (χ1) is 13.9. The molecule has 0 saturated heterocycles. The van der Waals surface area contributed by atoms with E-state index < -0.39 is 11.9 Å². The van der Waals surface area contributed by atoms with Gasteiger partial charge in [-0.25, -0.2) is 9.78 Å². The number of aryl methyl sites for hydroxylation is 1. The molecule has 0 aliphatic carbocycles. The molecule has 0 atom stereocenters. The van der Waals surface area contributed by atoms with E-state index in [2.05, 4.69) is 15.0 Å². The second kappa shape index (κ2) is 8.74. The van der Waals surface area contributed by atoms with Crippen molar-refractivity contribution in [1.82, 2.24) is 4.98 Å². The highest BCUT2D eigenvalue weighted by Crippen LogP contribution is 2.32. The summed E-state index contributed by atoms with van der Waals surface area (Å²) in [6.45, 7) is 4.25. The lowest BCUT2D eigenvalue weighted by Gasteiger charge is -2.09. The molecule has 1 amide bonds. The maximum Gasteiger partial charge on any atom is 0.341 e. The standard InChI is InChI=1S/C21H20N2O5S/c1-4-28-14-10-8-13(9-11-14)20-22-12(2)18(29-20)19(25)23-16-7-5-6-15(17(16)24)21(26)27-3/h5-11,24H,4H2,1-3H3,(H,23,25). The first-order valence-electron chi connectivity index (χ1n) is 8.86. The Hall–Kier alpha value is -3.39. The maximum atomic E-state index is 12.7. The monoisotopic (exact) mass is 412 g/mol. The van der Waals surface area contributed by atoms with Crippen LogP contribution in [0.25, 0.3) is 10.6 Å². The predicted molar refractivity (Wildman–Crippen MR) is 111 cm³/mol. The van der Waals surface area contributed by atoms with E-state index in [0.29, 0.717) is 22.2 Å². The molecule has 150 valence electrons. The van der Waals surface area contributed by atoms with Gasteiger partial charge in [0.1, 0.15) is 21.2 Å². The summed E-state index contributed by atoms with van der Waals surface area (Å²) in [6.07, 6.45) is 0. The fraction of sp³-hybridized carbons (Fsp3) is 0.190. The van der Waals surface area contributed by atoms with E-state index in [1.54, 1.807) is 13.0 Å². The molecular weight excluding hydrogens is 392 g/mol. The van der Waals surface area contributed by atoms with Crippen molar-refractivity contribution >= 4 is 28.9 Å². The lowest BCUT2D eigenvalue weighted by molar-refractivity contribution is 0.0597. The lowest BCUT2D eigenvalue weighted by Crippen LogP contribution is -2.12. The van der Waals surface area contributed by atoms with Crippen molar-refractivity contribution in [1.29, 1.82) is 0 Å².